The number of aliphatic hydroxyl groups is 2. The predicted octanol–water partition coefficient (Wildman–Crippen LogP) is 0.390. The van der Waals surface area contributed by atoms with E-state index in [9.17, 15) is 24.6 Å². The first-order valence-electron chi connectivity index (χ1n) is 6.76. The first-order valence-corrected chi connectivity index (χ1v) is 6.76. The highest BCUT2D eigenvalue weighted by molar-refractivity contribution is 6.40. The Hall–Kier alpha value is -2.25. The maximum absolute atomic E-state index is 11.7. The molecule has 0 aromatic heterocycles. The quantitative estimate of drug-likeness (QED) is 0.426. The number of rotatable bonds is 7. The van der Waals surface area contributed by atoms with Crippen LogP contribution in [0, 0.1) is 0 Å². The SMILES string of the molecule is CCOC(=O)C(=O)c1ccc(C(O)C(O)C(=O)OCC)cc1. The van der Waals surface area contributed by atoms with Gasteiger partial charge in [0, 0.05) is 5.56 Å². The molecule has 7 heteroatoms. The molecule has 7 nitrogen and oxygen atoms in total. The molecule has 2 N–H and O–H groups in total. The second kappa shape index (κ2) is 8.26. The Morgan fingerprint density at radius 3 is 2.05 bits per heavy atom. The van der Waals surface area contributed by atoms with E-state index in [1.165, 1.54) is 24.3 Å². The number of carbonyl (C=O) groups excluding carboxylic acids is 3. The summed E-state index contributed by atoms with van der Waals surface area (Å²) in [6, 6.07) is 5.27. The van der Waals surface area contributed by atoms with Crippen molar-refractivity contribution >= 4 is 17.7 Å². The van der Waals surface area contributed by atoms with Crippen molar-refractivity contribution in [3.63, 3.8) is 0 Å². The minimum Gasteiger partial charge on any atom is -0.464 e. The van der Waals surface area contributed by atoms with Crippen LogP contribution in [0.3, 0.4) is 0 Å². The lowest BCUT2D eigenvalue weighted by molar-refractivity contribution is -0.159. The molecule has 0 aliphatic rings. The molecule has 0 spiro atoms. The van der Waals surface area contributed by atoms with Gasteiger partial charge >= 0.3 is 11.9 Å². The lowest BCUT2D eigenvalue weighted by Gasteiger charge is -2.16. The summed E-state index contributed by atoms with van der Waals surface area (Å²) in [6.07, 6.45) is -3.22. The maximum Gasteiger partial charge on any atom is 0.379 e. The number of aliphatic hydroxyl groups excluding tert-OH is 2. The second-order valence-electron chi connectivity index (χ2n) is 4.31. The molecule has 0 aliphatic heterocycles. The molecule has 0 aliphatic carbocycles. The minimum atomic E-state index is -1.73. The molecule has 0 saturated carbocycles. The highest BCUT2D eigenvalue weighted by Crippen LogP contribution is 2.19. The van der Waals surface area contributed by atoms with Crippen LogP contribution in [0.2, 0.25) is 0 Å². The van der Waals surface area contributed by atoms with Crippen molar-refractivity contribution in [1.82, 2.24) is 0 Å². The molecule has 1 aromatic carbocycles. The summed E-state index contributed by atoms with van der Waals surface area (Å²) < 4.78 is 9.20. The fourth-order valence-electron chi connectivity index (χ4n) is 1.68. The minimum absolute atomic E-state index is 0.0790. The number of hydrogen-bond donors (Lipinski definition) is 2. The van der Waals surface area contributed by atoms with Crippen LogP contribution < -0.4 is 0 Å². The maximum atomic E-state index is 11.7. The van der Waals surface area contributed by atoms with E-state index in [2.05, 4.69) is 9.47 Å². The van der Waals surface area contributed by atoms with Gasteiger partial charge in [-0.15, -0.1) is 0 Å². The van der Waals surface area contributed by atoms with Crippen molar-refractivity contribution in [2.45, 2.75) is 26.1 Å². The molecule has 2 atom stereocenters. The topological polar surface area (TPSA) is 110 Å². The Labute approximate surface area is 127 Å². The van der Waals surface area contributed by atoms with Gasteiger partial charge in [0.05, 0.1) is 13.2 Å². The van der Waals surface area contributed by atoms with Gasteiger partial charge in [0.2, 0.25) is 0 Å². The summed E-state index contributed by atoms with van der Waals surface area (Å²) in [5.41, 5.74) is 0.293. The summed E-state index contributed by atoms with van der Waals surface area (Å²) in [6.45, 7) is 3.33. The number of Topliss-reactive ketones (excluding diaryl/α,β-unsaturated/α-hetero) is 1. The molecule has 2 unspecified atom stereocenters. The van der Waals surface area contributed by atoms with E-state index < -0.39 is 29.9 Å². The molecule has 0 saturated heterocycles. The van der Waals surface area contributed by atoms with Gasteiger partial charge in [-0.05, 0) is 19.4 Å². The molecule has 1 aromatic rings. The Balaban J connectivity index is 2.82. The standard InChI is InChI=1S/C15H18O7/c1-3-21-14(19)12(17)10-7-5-9(6-8-10)11(16)13(18)15(20)22-4-2/h5-8,11,13,16,18H,3-4H2,1-2H3. The van der Waals surface area contributed by atoms with E-state index in [0.29, 0.717) is 0 Å². The highest BCUT2D eigenvalue weighted by atomic mass is 16.5. The summed E-state index contributed by atoms with van der Waals surface area (Å²) in [4.78, 5) is 34.3. The summed E-state index contributed by atoms with van der Waals surface area (Å²) >= 11 is 0. The van der Waals surface area contributed by atoms with Crippen molar-refractivity contribution in [3.05, 3.63) is 35.4 Å². The molecule has 1 rings (SSSR count). The predicted molar refractivity (Wildman–Crippen MR) is 75.0 cm³/mol. The van der Waals surface area contributed by atoms with Crippen LogP contribution in [-0.2, 0) is 19.1 Å². The second-order valence-corrected chi connectivity index (χ2v) is 4.31. The van der Waals surface area contributed by atoms with Gasteiger partial charge < -0.3 is 19.7 Å². The molecule has 120 valence electrons. The fraction of sp³-hybridized carbons (Fsp3) is 0.400. The lowest BCUT2D eigenvalue weighted by atomic mass is 10.0. The highest BCUT2D eigenvalue weighted by Gasteiger charge is 2.27. The van der Waals surface area contributed by atoms with Gasteiger partial charge in [0.25, 0.3) is 5.78 Å². The molecular formula is C15H18O7. The van der Waals surface area contributed by atoms with E-state index in [1.54, 1.807) is 13.8 Å². The largest absolute Gasteiger partial charge is 0.464 e. The van der Waals surface area contributed by atoms with Crippen LogP contribution in [0.4, 0.5) is 0 Å². The van der Waals surface area contributed by atoms with E-state index in [4.69, 9.17) is 0 Å². The van der Waals surface area contributed by atoms with Gasteiger partial charge in [0.15, 0.2) is 6.10 Å². The van der Waals surface area contributed by atoms with Gasteiger partial charge in [-0.1, -0.05) is 24.3 Å². The van der Waals surface area contributed by atoms with Gasteiger partial charge in [-0.2, -0.15) is 0 Å². The van der Waals surface area contributed by atoms with Crippen LogP contribution in [0.1, 0.15) is 35.9 Å². The zero-order valence-corrected chi connectivity index (χ0v) is 12.3. The summed E-state index contributed by atoms with van der Waals surface area (Å²) in [5.74, 6) is -2.72. The van der Waals surface area contributed by atoms with E-state index in [-0.39, 0.29) is 24.3 Å². The fourth-order valence-corrected chi connectivity index (χ4v) is 1.68. The molecule has 0 heterocycles. The zero-order valence-electron chi connectivity index (χ0n) is 12.3. The average molecular weight is 310 g/mol. The van der Waals surface area contributed by atoms with Crippen molar-refractivity contribution in [2.24, 2.45) is 0 Å². The normalized spacial score (nSPS) is 13.1. The smallest absolute Gasteiger partial charge is 0.379 e. The monoisotopic (exact) mass is 310 g/mol. The van der Waals surface area contributed by atoms with Crippen molar-refractivity contribution in [1.29, 1.82) is 0 Å². The number of ether oxygens (including phenoxy) is 2. The first kappa shape index (κ1) is 17.8. The third-order valence-corrected chi connectivity index (χ3v) is 2.80. The zero-order chi connectivity index (χ0) is 16.7. The number of carbonyl (C=O) groups is 3. The first-order chi connectivity index (χ1) is 10.4. The van der Waals surface area contributed by atoms with Crippen LogP contribution in [0.25, 0.3) is 0 Å². The van der Waals surface area contributed by atoms with Crippen LogP contribution in [0.15, 0.2) is 24.3 Å². The molecule has 0 radical (unpaired) electrons. The molecule has 0 fully saturated rings. The van der Waals surface area contributed by atoms with E-state index in [0.717, 1.165) is 0 Å². The van der Waals surface area contributed by atoms with Crippen LogP contribution in [-0.4, -0.2) is 47.3 Å². The van der Waals surface area contributed by atoms with Gasteiger partial charge in [0.1, 0.15) is 6.10 Å². The molecule has 0 amide bonds. The van der Waals surface area contributed by atoms with Gasteiger partial charge in [-0.3, -0.25) is 4.79 Å². The lowest BCUT2D eigenvalue weighted by Crippen LogP contribution is -2.29. The molecular weight excluding hydrogens is 292 g/mol. The number of benzene rings is 1. The van der Waals surface area contributed by atoms with Crippen molar-refractivity contribution < 1.29 is 34.1 Å². The Morgan fingerprint density at radius 2 is 1.55 bits per heavy atom. The Bertz CT molecular complexity index is 535. The number of esters is 2. The number of hydrogen-bond acceptors (Lipinski definition) is 7. The Kier molecular flexibility index (Phi) is 6.68. The third kappa shape index (κ3) is 4.37. The van der Waals surface area contributed by atoms with E-state index in [1.807, 2.05) is 0 Å². The van der Waals surface area contributed by atoms with Crippen molar-refractivity contribution in [3.8, 4) is 0 Å². The third-order valence-electron chi connectivity index (χ3n) is 2.80. The van der Waals surface area contributed by atoms with Crippen molar-refractivity contribution in [2.75, 3.05) is 13.2 Å². The number of ketones is 1. The van der Waals surface area contributed by atoms with E-state index >= 15 is 0 Å². The molecule has 22 heavy (non-hydrogen) atoms. The van der Waals surface area contributed by atoms with Gasteiger partial charge in [-0.25, -0.2) is 9.59 Å². The van der Waals surface area contributed by atoms with Crippen LogP contribution >= 0.6 is 0 Å². The van der Waals surface area contributed by atoms with Crippen LogP contribution in [0.5, 0.6) is 0 Å². The summed E-state index contributed by atoms with van der Waals surface area (Å²) in [5, 5.41) is 19.5. The Morgan fingerprint density at radius 1 is 1.00 bits per heavy atom. The average Bonchev–Trinajstić information content (AvgIpc) is 2.53. The molecule has 0 bridgehead atoms. The summed E-state index contributed by atoms with van der Waals surface area (Å²) in [7, 11) is 0.